The lowest BCUT2D eigenvalue weighted by Crippen LogP contribution is -2.05. The van der Waals surface area contributed by atoms with E-state index in [1.165, 1.54) is 17.8 Å². The zero-order valence-corrected chi connectivity index (χ0v) is 10.0. The first-order valence-electron chi connectivity index (χ1n) is 5.67. The highest BCUT2D eigenvalue weighted by atomic mass is 15.3. The summed E-state index contributed by atoms with van der Waals surface area (Å²) >= 11 is 0. The summed E-state index contributed by atoms with van der Waals surface area (Å²) in [6.07, 6.45) is 1.18. The Kier molecular flexibility index (Phi) is 3.73. The Hall–Kier alpha value is -0.790. The van der Waals surface area contributed by atoms with Crippen molar-refractivity contribution in [1.82, 2.24) is 9.78 Å². The summed E-state index contributed by atoms with van der Waals surface area (Å²) in [6, 6.07) is 2.27. The quantitative estimate of drug-likeness (QED) is 0.717. The van der Waals surface area contributed by atoms with Gasteiger partial charge in [0, 0.05) is 12.2 Å². The molecule has 0 bridgehead atoms. The van der Waals surface area contributed by atoms with Crippen molar-refractivity contribution in [3.05, 3.63) is 17.5 Å². The van der Waals surface area contributed by atoms with Gasteiger partial charge in [0.05, 0.1) is 5.69 Å². The van der Waals surface area contributed by atoms with Gasteiger partial charge in [0.25, 0.3) is 0 Å². The minimum Gasteiger partial charge on any atom is -0.269 e. The van der Waals surface area contributed by atoms with Gasteiger partial charge in [0.2, 0.25) is 0 Å². The third kappa shape index (κ3) is 2.17. The second-order valence-electron chi connectivity index (χ2n) is 4.27. The van der Waals surface area contributed by atoms with E-state index in [-0.39, 0.29) is 0 Å². The van der Waals surface area contributed by atoms with Crippen LogP contribution in [0.3, 0.4) is 0 Å². The zero-order chi connectivity index (χ0) is 10.7. The standard InChI is InChI=1S/C12H22N2/c1-6-10(5)12-8-11(9(3)4)13-14(12)7-2/h8-10H,6-7H2,1-5H3. The van der Waals surface area contributed by atoms with Crippen molar-refractivity contribution in [3.8, 4) is 0 Å². The highest BCUT2D eigenvalue weighted by Gasteiger charge is 2.13. The van der Waals surface area contributed by atoms with Gasteiger partial charge in [-0.05, 0) is 31.2 Å². The highest BCUT2D eigenvalue weighted by Crippen LogP contribution is 2.22. The van der Waals surface area contributed by atoms with E-state index in [1.807, 2.05) is 0 Å². The first-order chi connectivity index (χ1) is 6.60. The molecule has 80 valence electrons. The predicted molar refractivity (Wildman–Crippen MR) is 60.7 cm³/mol. The highest BCUT2D eigenvalue weighted by molar-refractivity contribution is 5.16. The number of aryl methyl sites for hydroxylation is 1. The molecule has 0 saturated carbocycles. The van der Waals surface area contributed by atoms with Crippen LogP contribution in [0.1, 0.15) is 64.3 Å². The zero-order valence-electron chi connectivity index (χ0n) is 10.0. The van der Waals surface area contributed by atoms with Crippen LogP contribution in [0.5, 0.6) is 0 Å². The molecule has 1 rings (SSSR count). The molecule has 1 atom stereocenters. The fraction of sp³-hybridized carbons (Fsp3) is 0.750. The predicted octanol–water partition coefficient (Wildman–Crippen LogP) is 3.54. The number of hydrogen-bond acceptors (Lipinski definition) is 1. The van der Waals surface area contributed by atoms with Crippen LogP contribution in [0.2, 0.25) is 0 Å². The van der Waals surface area contributed by atoms with Crippen LogP contribution in [0.4, 0.5) is 0 Å². The fourth-order valence-corrected chi connectivity index (χ4v) is 1.59. The van der Waals surface area contributed by atoms with Crippen LogP contribution in [0, 0.1) is 0 Å². The Bertz CT molecular complexity index is 287. The monoisotopic (exact) mass is 194 g/mol. The lowest BCUT2D eigenvalue weighted by Gasteiger charge is -2.09. The molecule has 0 aliphatic carbocycles. The Balaban J connectivity index is 3.02. The van der Waals surface area contributed by atoms with Crippen LogP contribution >= 0.6 is 0 Å². The first-order valence-corrected chi connectivity index (χ1v) is 5.67. The van der Waals surface area contributed by atoms with E-state index in [0.717, 1.165) is 6.54 Å². The third-order valence-electron chi connectivity index (χ3n) is 2.84. The maximum atomic E-state index is 4.61. The van der Waals surface area contributed by atoms with Crippen molar-refractivity contribution in [2.45, 2.75) is 59.4 Å². The topological polar surface area (TPSA) is 17.8 Å². The van der Waals surface area contributed by atoms with E-state index in [1.54, 1.807) is 0 Å². The Morgan fingerprint density at radius 1 is 1.29 bits per heavy atom. The van der Waals surface area contributed by atoms with E-state index < -0.39 is 0 Å². The SMILES string of the molecule is CCC(C)c1cc(C(C)C)nn1CC. The molecule has 14 heavy (non-hydrogen) atoms. The molecule has 0 aromatic carbocycles. The maximum Gasteiger partial charge on any atom is 0.0652 e. The normalized spacial score (nSPS) is 13.6. The molecular weight excluding hydrogens is 172 g/mol. The fourth-order valence-electron chi connectivity index (χ4n) is 1.59. The molecule has 1 aromatic heterocycles. The first kappa shape index (κ1) is 11.3. The third-order valence-corrected chi connectivity index (χ3v) is 2.84. The van der Waals surface area contributed by atoms with Gasteiger partial charge in [0.1, 0.15) is 0 Å². The van der Waals surface area contributed by atoms with Gasteiger partial charge in [-0.1, -0.05) is 27.7 Å². The molecule has 1 aromatic rings. The molecule has 0 saturated heterocycles. The molecule has 0 radical (unpaired) electrons. The summed E-state index contributed by atoms with van der Waals surface area (Å²) in [6.45, 7) is 12.0. The molecule has 0 aliphatic heterocycles. The molecule has 1 heterocycles. The van der Waals surface area contributed by atoms with Gasteiger partial charge in [-0.3, -0.25) is 4.68 Å². The van der Waals surface area contributed by atoms with Crippen molar-refractivity contribution < 1.29 is 0 Å². The van der Waals surface area contributed by atoms with E-state index >= 15 is 0 Å². The number of nitrogens with zero attached hydrogens (tertiary/aromatic N) is 2. The van der Waals surface area contributed by atoms with Gasteiger partial charge in [-0.25, -0.2) is 0 Å². The summed E-state index contributed by atoms with van der Waals surface area (Å²) in [5.74, 6) is 1.15. The summed E-state index contributed by atoms with van der Waals surface area (Å²) in [5.41, 5.74) is 2.61. The van der Waals surface area contributed by atoms with Gasteiger partial charge in [-0.15, -0.1) is 0 Å². The largest absolute Gasteiger partial charge is 0.269 e. The lowest BCUT2D eigenvalue weighted by atomic mass is 10.0. The summed E-state index contributed by atoms with van der Waals surface area (Å²) in [7, 11) is 0. The minimum absolute atomic E-state index is 0.533. The second-order valence-corrected chi connectivity index (χ2v) is 4.27. The van der Waals surface area contributed by atoms with E-state index in [2.05, 4.69) is 50.5 Å². The molecular formula is C12H22N2. The summed E-state index contributed by atoms with van der Waals surface area (Å²) in [5, 5.41) is 4.61. The van der Waals surface area contributed by atoms with E-state index in [0.29, 0.717) is 11.8 Å². The summed E-state index contributed by atoms with van der Waals surface area (Å²) in [4.78, 5) is 0. The second kappa shape index (κ2) is 4.63. The molecule has 0 N–H and O–H groups in total. The number of rotatable bonds is 4. The molecule has 2 nitrogen and oxygen atoms in total. The van der Waals surface area contributed by atoms with Crippen LogP contribution < -0.4 is 0 Å². The van der Waals surface area contributed by atoms with Crippen LogP contribution in [0.15, 0.2) is 6.07 Å². The molecule has 0 aliphatic rings. The Morgan fingerprint density at radius 2 is 1.93 bits per heavy atom. The molecule has 2 heteroatoms. The lowest BCUT2D eigenvalue weighted by molar-refractivity contribution is 0.566. The molecule has 0 amide bonds. The van der Waals surface area contributed by atoms with Gasteiger partial charge in [0.15, 0.2) is 0 Å². The van der Waals surface area contributed by atoms with Crippen LogP contribution in [-0.2, 0) is 6.54 Å². The van der Waals surface area contributed by atoms with Crippen molar-refractivity contribution in [2.75, 3.05) is 0 Å². The smallest absolute Gasteiger partial charge is 0.0652 e. The minimum atomic E-state index is 0.533. The molecule has 1 unspecified atom stereocenters. The number of hydrogen-bond donors (Lipinski definition) is 0. The van der Waals surface area contributed by atoms with Crippen molar-refractivity contribution in [3.63, 3.8) is 0 Å². The van der Waals surface area contributed by atoms with Gasteiger partial charge in [-0.2, -0.15) is 5.10 Å². The van der Waals surface area contributed by atoms with E-state index in [4.69, 9.17) is 0 Å². The van der Waals surface area contributed by atoms with Crippen molar-refractivity contribution in [1.29, 1.82) is 0 Å². The van der Waals surface area contributed by atoms with Gasteiger partial charge < -0.3 is 0 Å². The van der Waals surface area contributed by atoms with Crippen LogP contribution in [0.25, 0.3) is 0 Å². The van der Waals surface area contributed by atoms with Crippen molar-refractivity contribution in [2.24, 2.45) is 0 Å². The van der Waals surface area contributed by atoms with E-state index in [9.17, 15) is 0 Å². The number of aromatic nitrogens is 2. The van der Waals surface area contributed by atoms with Crippen molar-refractivity contribution >= 4 is 0 Å². The Morgan fingerprint density at radius 3 is 2.36 bits per heavy atom. The van der Waals surface area contributed by atoms with Crippen LogP contribution in [-0.4, -0.2) is 9.78 Å². The molecule has 0 fully saturated rings. The average Bonchev–Trinajstić information content (AvgIpc) is 2.60. The van der Waals surface area contributed by atoms with Gasteiger partial charge >= 0.3 is 0 Å². The molecule has 0 spiro atoms. The average molecular weight is 194 g/mol. The summed E-state index contributed by atoms with van der Waals surface area (Å²) < 4.78 is 2.14. The maximum absolute atomic E-state index is 4.61. The Labute approximate surface area is 87.3 Å².